The lowest BCUT2D eigenvalue weighted by atomic mass is 9.99. The van der Waals surface area contributed by atoms with Gasteiger partial charge in [-0.25, -0.2) is 9.59 Å². The molecule has 0 bridgehead atoms. The van der Waals surface area contributed by atoms with Crippen molar-refractivity contribution in [1.82, 2.24) is 0 Å². The van der Waals surface area contributed by atoms with Gasteiger partial charge in [-0.05, 0) is 66.6 Å². The maximum absolute atomic E-state index is 12.6. The van der Waals surface area contributed by atoms with Crippen molar-refractivity contribution in [1.29, 1.82) is 0 Å². The Morgan fingerprint density at radius 1 is 0.906 bits per heavy atom. The van der Waals surface area contributed by atoms with Gasteiger partial charge in [0.15, 0.2) is 11.5 Å². The molecule has 0 N–H and O–H groups in total. The number of ether oxygens (including phenoxy) is 4. The maximum atomic E-state index is 12.6. The summed E-state index contributed by atoms with van der Waals surface area (Å²) in [6.45, 7) is 1.96. The lowest BCUT2D eigenvalue weighted by Crippen LogP contribution is -2.09. The minimum Gasteiger partial charge on any atom is -0.497 e. The van der Waals surface area contributed by atoms with Crippen LogP contribution in [0.25, 0.3) is 22.1 Å². The number of hydrogen-bond donors (Lipinski definition) is 0. The molecule has 0 saturated carbocycles. The van der Waals surface area contributed by atoms with E-state index in [1.807, 2.05) is 6.92 Å². The smallest absolute Gasteiger partial charge is 0.344 e. The molecule has 1 aliphatic heterocycles. The highest BCUT2D eigenvalue weighted by Crippen LogP contribution is 2.33. The van der Waals surface area contributed by atoms with E-state index in [9.17, 15) is 9.59 Å². The molecule has 7 heteroatoms. The van der Waals surface area contributed by atoms with Crippen molar-refractivity contribution in [3.05, 3.63) is 82.2 Å². The van der Waals surface area contributed by atoms with Gasteiger partial charge in [-0.2, -0.15) is 0 Å². The predicted octanol–water partition coefficient (Wildman–Crippen LogP) is 4.72. The zero-order valence-corrected chi connectivity index (χ0v) is 17.3. The summed E-state index contributed by atoms with van der Waals surface area (Å²) in [7, 11) is 1.58. The van der Waals surface area contributed by atoms with E-state index in [2.05, 4.69) is 0 Å². The second kappa shape index (κ2) is 7.77. The molecule has 4 aromatic rings. The van der Waals surface area contributed by atoms with Crippen LogP contribution in [0.4, 0.5) is 0 Å². The van der Waals surface area contributed by atoms with Crippen LogP contribution in [0, 0.1) is 6.92 Å². The molecule has 32 heavy (non-hydrogen) atoms. The number of carbonyl (C=O) groups excluding carboxylic acids is 1. The monoisotopic (exact) mass is 430 g/mol. The van der Waals surface area contributed by atoms with Crippen LogP contribution in [0.1, 0.15) is 15.9 Å². The molecular weight excluding hydrogens is 412 g/mol. The number of rotatable bonds is 4. The third-order valence-electron chi connectivity index (χ3n) is 5.33. The summed E-state index contributed by atoms with van der Waals surface area (Å²) < 4.78 is 26.8. The minimum atomic E-state index is -0.534. The molecule has 7 nitrogen and oxygen atoms in total. The van der Waals surface area contributed by atoms with E-state index in [1.54, 1.807) is 67.8 Å². The molecule has 0 aliphatic carbocycles. The van der Waals surface area contributed by atoms with Crippen LogP contribution in [0.3, 0.4) is 0 Å². The Morgan fingerprint density at radius 2 is 1.66 bits per heavy atom. The molecule has 0 saturated heterocycles. The summed E-state index contributed by atoms with van der Waals surface area (Å²) >= 11 is 0. The Bertz CT molecular complexity index is 1400. The van der Waals surface area contributed by atoms with Gasteiger partial charge >= 0.3 is 11.6 Å². The number of hydrogen-bond acceptors (Lipinski definition) is 7. The third kappa shape index (κ3) is 3.43. The van der Waals surface area contributed by atoms with Crippen molar-refractivity contribution in [2.45, 2.75) is 6.92 Å². The van der Waals surface area contributed by atoms with Crippen LogP contribution in [-0.4, -0.2) is 19.9 Å². The second-order valence-corrected chi connectivity index (χ2v) is 7.23. The summed E-state index contributed by atoms with van der Waals surface area (Å²) in [6, 6.07) is 16.9. The van der Waals surface area contributed by atoms with E-state index in [0.29, 0.717) is 50.7 Å². The van der Waals surface area contributed by atoms with Gasteiger partial charge in [-0.1, -0.05) is 12.1 Å². The fraction of sp³-hybridized carbons (Fsp3) is 0.120. The van der Waals surface area contributed by atoms with Crippen molar-refractivity contribution >= 4 is 16.9 Å². The molecule has 1 aromatic heterocycles. The molecule has 0 fully saturated rings. The van der Waals surface area contributed by atoms with E-state index in [4.69, 9.17) is 23.4 Å². The number of benzene rings is 3. The largest absolute Gasteiger partial charge is 0.497 e. The standard InChI is InChI=1S/C25H18O7/c1-14-19-12-18(31-24(26)16-5-9-21-22(11-16)30-13-29-21)8-10-20(19)32-25(27)23(14)15-3-6-17(28-2)7-4-15/h3-12H,13H2,1-2H3. The summed E-state index contributed by atoms with van der Waals surface area (Å²) in [5.74, 6) is 1.57. The quantitative estimate of drug-likeness (QED) is 0.263. The highest BCUT2D eigenvalue weighted by molar-refractivity contribution is 5.93. The van der Waals surface area contributed by atoms with E-state index in [0.717, 1.165) is 5.56 Å². The molecule has 160 valence electrons. The first-order valence-corrected chi connectivity index (χ1v) is 9.87. The highest BCUT2D eigenvalue weighted by atomic mass is 16.7. The van der Waals surface area contributed by atoms with Crippen LogP contribution >= 0.6 is 0 Å². The lowest BCUT2D eigenvalue weighted by molar-refractivity contribution is 0.0734. The Hall–Kier alpha value is -4.26. The van der Waals surface area contributed by atoms with Crippen LogP contribution in [-0.2, 0) is 0 Å². The molecule has 0 amide bonds. The normalized spacial score (nSPS) is 12.1. The van der Waals surface area contributed by atoms with Crippen molar-refractivity contribution in [3.63, 3.8) is 0 Å². The molecule has 2 heterocycles. The third-order valence-corrected chi connectivity index (χ3v) is 5.33. The molecule has 0 spiro atoms. The van der Waals surface area contributed by atoms with Gasteiger partial charge < -0.3 is 23.4 Å². The van der Waals surface area contributed by atoms with E-state index in [-0.39, 0.29) is 6.79 Å². The first-order valence-electron chi connectivity index (χ1n) is 9.87. The number of fused-ring (bicyclic) bond motifs is 2. The minimum absolute atomic E-state index is 0.125. The van der Waals surface area contributed by atoms with Crippen molar-refractivity contribution in [3.8, 4) is 34.1 Å². The molecule has 0 unspecified atom stereocenters. The van der Waals surface area contributed by atoms with Crippen molar-refractivity contribution < 1.29 is 28.2 Å². The van der Waals surface area contributed by atoms with Gasteiger partial charge in [-0.3, -0.25) is 0 Å². The van der Waals surface area contributed by atoms with Crippen molar-refractivity contribution in [2.24, 2.45) is 0 Å². The molecule has 0 radical (unpaired) electrons. The number of aryl methyl sites for hydroxylation is 1. The van der Waals surface area contributed by atoms with E-state index < -0.39 is 11.6 Å². The SMILES string of the molecule is COc1ccc(-c2c(C)c3cc(OC(=O)c4ccc5c(c4)OCO5)ccc3oc2=O)cc1. The Kier molecular flexibility index (Phi) is 4.78. The number of esters is 1. The second-order valence-electron chi connectivity index (χ2n) is 7.23. The number of methoxy groups -OCH3 is 1. The molecule has 1 aliphatic rings. The predicted molar refractivity (Wildman–Crippen MR) is 117 cm³/mol. The van der Waals surface area contributed by atoms with Crippen LogP contribution < -0.4 is 24.6 Å². The summed E-state index contributed by atoms with van der Waals surface area (Å²) in [4.78, 5) is 25.3. The van der Waals surface area contributed by atoms with Gasteiger partial charge in [0.05, 0.1) is 18.2 Å². The summed E-state index contributed by atoms with van der Waals surface area (Å²) in [6.07, 6.45) is 0. The van der Waals surface area contributed by atoms with Crippen molar-refractivity contribution in [2.75, 3.05) is 13.9 Å². The average Bonchev–Trinajstić information content (AvgIpc) is 3.28. The Morgan fingerprint density at radius 3 is 2.44 bits per heavy atom. The van der Waals surface area contributed by atoms with Crippen LogP contribution in [0.2, 0.25) is 0 Å². The first kappa shape index (κ1) is 19.7. The zero-order valence-electron chi connectivity index (χ0n) is 17.3. The van der Waals surface area contributed by atoms with Gasteiger partial charge in [-0.15, -0.1) is 0 Å². The fourth-order valence-electron chi connectivity index (χ4n) is 3.67. The van der Waals surface area contributed by atoms with Gasteiger partial charge in [0.1, 0.15) is 17.1 Å². The Labute approximate surface area is 182 Å². The fourth-order valence-corrected chi connectivity index (χ4v) is 3.67. The average molecular weight is 430 g/mol. The highest BCUT2D eigenvalue weighted by Gasteiger charge is 2.19. The van der Waals surface area contributed by atoms with Crippen LogP contribution in [0.15, 0.2) is 69.9 Å². The Balaban J connectivity index is 1.50. The first-order chi connectivity index (χ1) is 15.5. The molecule has 0 atom stereocenters. The topological polar surface area (TPSA) is 84.2 Å². The zero-order chi connectivity index (χ0) is 22.2. The van der Waals surface area contributed by atoms with Gasteiger partial charge in [0.2, 0.25) is 6.79 Å². The molecular formula is C25H18O7. The summed E-state index contributed by atoms with van der Waals surface area (Å²) in [5.41, 5.74) is 2.19. The lowest BCUT2D eigenvalue weighted by Gasteiger charge is -2.10. The summed E-state index contributed by atoms with van der Waals surface area (Å²) in [5, 5.41) is 0.673. The molecule has 5 rings (SSSR count). The van der Waals surface area contributed by atoms with Gasteiger partial charge in [0.25, 0.3) is 0 Å². The van der Waals surface area contributed by atoms with Crippen LogP contribution in [0.5, 0.6) is 23.0 Å². The molecule has 3 aromatic carbocycles. The van der Waals surface area contributed by atoms with E-state index >= 15 is 0 Å². The maximum Gasteiger partial charge on any atom is 0.344 e. The number of carbonyl (C=O) groups is 1. The van der Waals surface area contributed by atoms with E-state index in [1.165, 1.54) is 0 Å². The van der Waals surface area contributed by atoms with Gasteiger partial charge in [0, 0.05) is 5.39 Å².